The molecule has 2 rings (SSSR count). The number of hydrogen-bond donors (Lipinski definition) is 1. The Labute approximate surface area is 131 Å². The van der Waals surface area contributed by atoms with Crippen molar-refractivity contribution in [1.82, 2.24) is 15.5 Å². The van der Waals surface area contributed by atoms with Gasteiger partial charge in [-0.3, -0.25) is 0 Å². The predicted octanol–water partition coefficient (Wildman–Crippen LogP) is 3.39. The Balaban J connectivity index is 2.06. The van der Waals surface area contributed by atoms with Crippen molar-refractivity contribution in [3.8, 4) is 0 Å². The zero-order valence-corrected chi connectivity index (χ0v) is 13.7. The zero-order valence-electron chi connectivity index (χ0n) is 11.4. The summed E-state index contributed by atoms with van der Waals surface area (Å²) >= 11 is 9.29. The quantitative estimate of drug-likeness (QED) is 0.789. The van der Waals surface area contributed by atoms with Crippen molar-refractivity contribution in [2.24, 2.45) is 0 Å². The number of aryl methyl sites for hydroxylation is 1. The van der Waals surface area contributed by atoms with Crippen LogP contribution in [0.4, 0.5) is 0 Å². The lowest BCUT2D eigenvalue weighted by Gasteiger charge is -2.09. The van der Waals surface area contributed by atoms with Gasteiger partial charge in [0.25, 0.3) is 0 Å². The maximum absolute atomic E-state index is 6.08. The number of ether oxygens (including phenoxy) is 1. The van der Waals surface area contributed by atoms with E-state index >= 15 is 0 Å². The highest BCUT2D eigenvalue weighted by Gasteiger charge is 2.08. The standard InChI is InChI=1S/C13H16ClN3OS2/c1-9-16-17-13(19-9)20-12-4-3-11(14)7-10(12)8-15-5-6-18-2/h3-4,7,15H,5-6,8H2,1-2H3. The molecule has 2 aromatic rings. The van der Waals surface area contributed by atoms with Crippen molar-refractivity contribution >= 4 is 34.7 Å². The molecule has 0 fully saturated rings. The first-order chi connectivity index (χ1) is 9.69. The molecule has 0 aliphatic rings. The van der Waals surface area contributed by atoms with Crippen LogP contribution < -0.4 is 5.32 Å². The Morgan fingerprint density at radius 2 is 2.25 bits per heavy atom. The second kappa shape index (κ2) is 7.95. The molecule has 0 bridgehead atoms. The summed E-state index contributed by atoms with van der Waals surface area (Å²) in [6.45, 7) is 4.21. The van der Waals surface area contributed by atoms with Crippen molar-refractivity contribution in [1.29, 1.82) is 0 Å². The zero-order chi connectivity index (χ0) is 14.4. The van der Waals surface area contributed by atoms with Crippen LogP contribution in [-0.2, 0) is 11.3 Å². The molecule has 4 nitrogen and oxygen atoms in total. The van der Waals surface area contributed by atoms with Gasteiger partial charge in [0.2, 0.25) is 0 Å². The molecular formula is C13H16ClN3OS2. The maximum Gasteiger partial charge on any atom is 0.179 e. The molecule has 20 heavy (non-hydrogen) atoms. The number of hydrogen-bond acceptors (Lipinski definition) is 6. The molecule has 0 atom stereocenters. The lowest BCUT2D eigenvalue weighted by atomic mass is 10.2. The summed E-state index contributed by atoms with van der Waals surface area (Å²) in [5.41, 5.74) is 1.16. The lowest BCUT2D eigenvalue weighted by molar-refractivity contribution is 0.199. The topological polar surface area (TPSA) is 47.0 Å². The molecule has 1 aromatic heterocycles. The molecule has 1 heterocycles. The minimum atomic E-state index is 0.693. The number of methoxy groups -OCH3 is 1. The molecular weight excluding hydrogens is 314 g/mol. The van der Waals surface area contributed by atoms with Gasteiger partial charge in [-0.1, -0.05) is 34.7 Å². The van der Waals surface area contributed by atoms with Crippen LogP contribution in [0.15, 0.2) is 27.4 Å². The third kappa shape index (κ3) is 4.71. The minimum absolute atomic E-state index is 0.693. The average molecular weight is 330 g/mol. The van der Waals surface area contributed by atoms with Gasteiger partial charge < -0.3 is 10.1 Å². The molecule has 0 aliphatic heterocycles. The van der Waals surface area contributed by atoms with Crippen LogP contribution in [0.1, 0.15) is 10.6 Å². The molecule has 0 saturated carbocycles. The number of rotatable bonds is 7. The van der Waals surface area contributed by atoms with E-state index in [0.717, 1.165) is 37.9 Å². The lowest BCUT2D eigenvalue weighted by Crippen LogP contribution is -2.18. The van der Waals surface area contributed by atoms with Gasteiger partial charge in [0, 0.05) is 30.1 Å². The molecule has 108 valence electrons. The smallest absolute Gasteiger partial charge is 0.179 e. The summed E-state index contributed by atoms with van der Waals surface area (Å²) < 4.78 is 5.97. The second-order valence-corrected chi connectivity index (χ2v) is 7.02. The van der Waals surface area contributed by atoms with Crippen LogP contribution in [-0.4, -0.2) is 30.5 Å². The highest BCUT2D eigenvalue weighted by molar-refractivity contribution is 8.01. The van der Waals surface area contributed by atoms with E-state index in [1.54, 1.807) is 30.2 Å². The molecule has 0 aliphatic carbocycles. The van der Waals surface area contributed by atoms with Crippen LogP contribution in [0.25, 0.3) is 0 Å². The number of aromatic nitrogens is 2. The van der Waals surface area contributed by atoms with Crippen molar-refractivity contribution < 1.29 is 4.74 Å². The van der Waals surface area contributed by atoms with E-state index < -0.39 is 0 Å². The highest BCUT2D eigenvalue weighted by Crippen LogP contribution is 2.33. The largest absolute Gasteiger partial charge is 0.383 e. The van der Waals surface area contributed by atoms with Gasteiger partial charge in [0.05, 0.1) is 6.61 Å². The van der Waals surface area contributed by atoms with E-state index in [1.807, 2.05) is 25.1 Å². The van der Waals surface area contributed by atoms with Gasteiger partial charge in [-0.2, -0.15) is 0 Å². The molecule has 0 radical (unpaired) electrons. The first kappa shape index (κ1) is 15.7. The molecule has 0 saturated heterocycles. The van der Waals surface area contributed by atoms with Crippen molar-refractivity contribution in [2.75, 3.05) is 20.3 Å². The highest BCUT2D eigenvalue weighted by atomic mass is 35.5. The van der Waals surface area contributed by atoms with Crippen molar-refractivity contribution in [2.45, 2.75) is 22.7 Å². The second-order valence-electron chi connectivity index (χ2n) is 4.11. The number of halogens is 1. The Morgan fingerprint density at radius 3 is 2.95 bits per heavy atom. The monoisotopic (exact) mass is 329 g/mol. The van der Waals surface area contributed by atoms with Crippen LogP contribution in [0, 0.1) is 6.92 Å². The number of benzene rings is 1. The van der Waals surface area contributed by atoms with Crippen LogP contribution >= 0.6 is 34.7 Å². The van der Waals surface area contributed by atoms with Crippen LogP contribution in [0.5, 0.6) is 0 Å². The van der Waals surface area contributed by atoms with Crippen LogP contribution in [0.3, 0.4) is 0 Å². The molecule has 7 heteroatoms. The summed E-state index contributed by atoms with van der Waals surface area (Å²) in [4.78, 5) is 1.15. The summed E-state index contributed by atoms with van der Waals surface area (Å²) in [6.07, 6.45) is 0. The van der Waals surface area contributed by atoms with Crippen molar-refractivity contribution in [3.05, 3.63) is 33.8 Å². The van der Waals surface area contributed by atoms with E-state index in [2.05, 4.69) is 15.5 Å². The molecule has 1 aromatic carbocycles. The predicted molar refractivity (Wildman–Crippen MR) is 83.8 cm³/mol. The normalized spacial score (nSPS) is 10.9. The summed E-state index contributed by atoms with van der Waals surface area (Å²) in [7, 11) is 1.69. The van der Waals surface area contributed by atoms with Gasteiger partial charge in [-0.15, -0.1) is 10.2 Å². The number of nitrogens with zero attached hydrogens (tertiary/aromatic N) is 2. The molecule has 1 N–H and O–H groups in total. The van der Waals surface area contributed by atoms with Gasteiger partial charge in [-0.25, -0.2) is 0 Å². The first-order valence-electron chi connectivity index (χ1n) is 6.15. The van der Waals surface area contributed by atoms with E-state index in [1.165, 1.54) is 0 Å². The SMILES string of the molecule is COCCNCc1cc(Cl)ccc1Sc1nnc(C)s1. The maximum atomic E-state index is 6.08. The van der Waals surface area contributed by atoms with Gasteiger partial charge >= 0.3 is 0 Å². The molecule has 0 amide bonds. The summed E-state index contributed by atoms with van der Waals surface area (Å²) in [5.74, 6) is 0. The Bertz CT molecular complexity index is 562. The third-order valence-corrected chi connectivity index (χ3v) is 4.77. The average Bonchev–Trinajstić information content (AvgIpc) is 2.83. The van der Waals surface area contributed by atoms with E-state index in [0.29, 0.717) is 6.61 Å². The third-order valence-electron chi connectivity index (χ3n) is 2.53. The number of nitrogens with one attached hydrogen (secondary N) is 1. The summed E-state index contributed by atoms with van der Waals surface area (Å²) in [5, 5.41) is 13.2. The van der Waals surface area contributed by atoms with Gasteiger partial charge in [0.15, 0.2) is 4.34 Å². The fourth-order valence-electron chi connectivity index (χ4n) is 1.60. The summed E-state index contributed by atoms with van der Waals surface area (Å²) in [6, 6.07) is 5.91. The Kier molecular flexibility index (Phi) is 6.25. The molecule has 0 spiro atoms. The first-order valence-corrected chi connectivity index (χ1v) is 8.16. The Morgan fingerprint density at radius 1 is 1.40 bits per heavy atom. The van der Waals surface area contributed by atoms with Gasteiger partial charge in [-0.05, 0) is 30.7 Å². The van der Waals surface area contributed by atoms with Crippen LogP contribution in [0.2, 0.25) is 5.02 Å². The van der Waals surface area contributed by atoms with E-state index in [4.69, 9.17) is 16.3 Å². The fraction of sp³-hybridized carbons (Fsp3) is 0.385. The minimum Gasteiger partial charge on any atom is -0.383 e. The fourth-order valence-corrected chi connectivity index (χ4v) is 3.67. The Hall–Kier alpha value is -0.660. The van der Waals surface area contributed by atoms with E-state index in [-0.39, 0.29) is 0 Å². The van der Waals surface area contributed by atoms with E-state index in [9.17, 15) is 0 Å². The molecule has 0 unspecified atom stereocenters. The van der Waals surface area contributed by atoms with Crippen molar-refractivity contribution in [3.63, 3.8) is 0 Å². The van der Waals surface area contributed by atoms with Gasteiger partial charge in [0.1, 0.15) is 5.01 Å².